The van der Waals surface area contributed by atoms with E-state index in [0.717, 1.165) is 17.7 Å². The van der Waals surface area contributed by atoms with Crippen LogP contribution in [-0.2, 0) is 12.2 Å². The lowest BCUT2D eigenvalue weighted by molar-refractivity contribution is 1.00. The molecular weight excluding hydrogens is 238 g/mol. The highest BCUT2D eigenvalue weighted by molar-refractivity contribution is 7.98. The number of hydrogen-bond acceptors (Lipinski definition) is 2. The monoisotopic (exact) mass is 251 g/mol. The van der Waals surface area contributed by atoms with Crippen LogP contribution in [0, 0.1) is 6.92 Å². The number of nitrogens with zero attached hydrogens (tertiary/aromatic N) is 1. The maximum absolute atomic E-state index is 4.76. The Morgan fingerprint density at radius 2 is 2.06 bits per heavy atom. The minimum atomic E-state index is 0. The molecule has 0 amide bonds. The van der Waals surface area contributed by atoms with E-state index in [1.54, 1.807) is 0 Å². The van der Waals surface area contributed by atoms with Crippen LogP contribution in [0.5, 0.6) is 0 Å². The third-order valence-electron chi connectivity index (χ3n) is 3.09. The second-order valence-corrected chi connectivity index (χ2v) is 5.09. The molecule has 1 aliphatic heterocycles. The zero-order valence-corrected chi connectivity index (χ0v) is 10.8. The Morgan fingerprint density at radius 3 is 2.94 bits per heavy atom. The highest BCUT2D eigenvalue weighted by atomic mass is 35.5. The van der Waals surface area contributed by atoms with Gasteiger partial charge in [0.15, 0.2) is 0 Å². The van der Waals surface area contributed by atoms with Gasteiger partial charge < -0.3 is 0 Å². The van der Waals surface area contributed by atoms with Gasteiger partial charge in [0.05, 0.1) is 5.52 Å². The Morgan fingerprint density at radius 1 is 1.25 bits per heavy atom. The first-order valence-electron chi connectivity index (χ1n) is 5.31. The molecule has 84 valence electrons. The zero-order chi connectivity index (χ0) is 10.3. The summed E-state index contributed by atoms with van der Waals surface area (Å²) in [6, 6.07) is 8.46. The Hall–Kier alpha value is -0.730. The first-order chi connectivity index (χ1) is 7.36. The predicted molar refractivity (Wildman–Crippen MR) is 73.6 cm³/mol. The lowest BCUT2D eigenvalue weighted by Crippen LogP contribution is -2.07. The van der Waals surface area contributed by atoms with Crippen LogP contribution in [0.25, 0.3) is 10.9 Å². The molecule has 0 aliphatic carbocycles. The summed E-state index contributed by atoms with van der Waals surface area (Å²) in [5.41, 5.74) is 5.39. The first kappa shape index (κ1) is 11.7. The Labute approximate surface area is 106 Å². The van der Waals surface area contributed by atoms with E-state index in [-0.39, 0.29) is 12.4 Å². The molecule has 2 aromatic rings. The number of para-hydroxylation sites is 1. The lowest BCUT2D eigenvalue weighted by Gasteiger charge is -2.18. The second-order valence-electron chi connectivity index (χ2n) is 3.98. The third-order valence-corrected chi connectivity index (χ3v) is 4.08. The molecule has 1 aromatic heterocycles. The molecule has 0 saturated carbocycles. The van der Waals surface area contributed by atoms with Crippen molar-refractivity contribution < 1.29 is 0 Å². The SMILES string of the molecule is Cc1c2c(nc3ccccc13)CCSC2.Cl. The van der Waals surface area contributed by atoms with E-state index in [1.165, 1.54) is 28.0 Å². The van der Waals surface area contributed by atoms with Crippen molar-refractivity contribution in [2.45, 2.75) is 19.1 Å². The van der Waals surface area contributed by atoms with Crippen LogP contribution in [0.4, 0.5) is 0 Å². The summed E-state index contributed by atoms with van der Waals surface area (Å²) in [7, 11) is 0. The number of aryl methyl sites for hydroxylation is 2. The van der Waals surface area contributed by atoms with Crippen LogP contribution in [0.1, 0.15) is 16.8 Å². The fraction of sp³-hybridized carbons (Fsp3) is 0.308. The van der Waals surface area contributed by atoms with Crippen molar-refractivity contribution in [2.24, 2.45) is 0 Å². The summed E-state index contributed by atoms with van der Waals surface area (Å²) in [5, 5.41) is 1.32. The van der Waals surface area contributed by atoms with Gasteiger partial charge in [0.25, 0.3) is 0 Å². The number of fused-ring (bicyclic) bond motifs is 2. The molecule has 0 atom stereocenters. The van der Waals surface area contributed by atoms with Gasteiger partial charge in [0.2, 0.25) is 0 Å². The van der Waals surface area contributed by atoms with E-state index in [2.05, 4.69) is 31.2 Å². The normalized spacial score (nSPS) is 14.3. The van der Waals surface area contributed by atoms with Crippen molar-refractivity contribution in [3.8, 4) is 0 Å². The minimum Gasteiger partial charge on any atom is -0.252 e. The Balaban J connectivity index is 0.000000963. The van der Waals surface area contributed by atoms with Gasteiger partial charge in [-0.25, -0.2) is 0 Å². The number of halogens is 1. The molecule has 1 aliphatic rings. The fourth-order valence-corrected chi connectivity index (χ4v) is 3.29. The number of aromatic nitrogens is 1. The number of rotatable bonds is 0. The van der Waals surface area contributed by atoms with Crippen molar-refractivity contribution in [3.05, 3.63) is 41.1 Å². The lowest BCUT2D eigenvalue weighted by atomic mass is 10.0. The van der Waals surface area contributed by atoms with E-state index < -0.39 is 0 Å². The Bertz CT molecular complexity index is 525. The standard InChI is InChI=1S/C13H13NS.ClH/c1-9-10-4-2-3-5-12(10)14-13-6-7-15-8-11(9)13;/h2-5H,6-8H2,1H3;1H. The van der Waals surface area contributed by atoms with Crippen LogP contribution < -0.4 is 0 Å². The first-order valence-corrected chi connectivity index (χ1v) is 6.46. The summed E-state index contributed by atoms with van der Waals surface area (Å²) in [4.78, 5) is 4.76. The molecule has 1 aromatic carbocycles. The van der Waals surface area contributed by atoms with Crippen LogP contribution in [0.3, 0.4) is 0 Å². The summed E-state index contributed by atoms with van der Waals surface area (Å²) >= 11 is 2.02. The minimum absolute atomic E-state index is 0. The molecule has 0 spiro atoms. The molecule has 2 heterocycles. The summed E-state index contributed by atoms with van der Waals surface area (Å²) in [6.45, 7) is 2.23. The van der Waals surface area contributed by atoms with Crippen LogP contribution >= 0.6 is 24.2 Å². The molecule has 0 radical (unpaired) electrons. The van der Waals surface area contributed by atoms with Crippen molar-refractivity contribution in [1.29, 1.82) is 0 Å². The molecule has 0 bridgehead atoms. The predicted octanol–water partition coefficient (Wildman–Crippen LogP) is 3.75. The largest absolute Gasteiger partial charge is 0.252 e. The number of benzene rings is 1. The third kappa shape index (κ3) is 1.80. The van der Waals surface area contributed by atoms with Crippen LogP contribution in [0.15, 0.2) is 24.3 Å². The molecule has 0 saturated heterocycles. The maximum Gasteiger partial charge on any atom is 0.0708 e. The molecule has 16 heavy (non-hydrogen) atoms. The molecule has 0 N–H and O–H groups in total. The second kappa shape index (κ2) is 4.64. The van der Waals surface area contributed by atoms with Crippen molar-refractivity contribution >= 4 is 35.1 Å². The molecule has 3 rings (SSSR count). The molecule has 0 fully saturated rings. The smallest absolute Gasteiger partial charge is 0.0708 e. The van der Waals surface area contributed by atoms with Gasteiger partial charge in [0, 0.05) is 16.8 Å². The van der Waals surface area contributed by atoms with Gasteiger partial charge in [-0.2, -0.15) is 11.8 Å². The van der Waals surface area contributed by atoms with Gasteiger partial charge in [-0.1, -0.05) is 18.2 Å². The van der Waals surface area contributed by atoms with Crippen molar-refractivity contribution in [3.63, 3.8) is 0 Å². The van der Waals surface area contributed by atoms with Gasteiger partial charge >= 0.3 is 0 Å². The highest BCUT2D eigenvalue weighted by Crippen LogP contribution is 2.30. The van der Waals surface area contributed by atoms with Gasteiger partial charge in [-0.3, -0.25) is 4.98 Å². The highest BCUT2D eigenvalue weighted by Gasteiger charge is 2.15. The maximum atomic E-state index is 4.76. The summed E-state index contributed by atoms with van der Waals surface area (Å²) in [5.74, 6) is 2.36. The van der Waals surface area contributed by atoms with Crippen LogP contribution in [0.2, 0.25) is 0 Å². The van der Waals surface area contributed by atoms with E-state index in [1.807, 2.05) is 11.8 Å². The van der Waals surface area contributed by atoms with Crippen molar-refractivity contribution in [2.75, 3.05) is 5.75 Å². The van der Waals surface area contributed by atoms with Crippen LogP contribution in [-0.4, -0.2) is 10.7 Å². The van der Waals surface area contributed by atoms with Gasteiger partial charge in [-0.05, 0) is 36.3 Å². The fourth-order valence-electron chi connectivity index (χ4n) is 2.22. The topological polar surface area (TPSA) is 12.9 Å². The van der Waals surface area contributed by atoms with Gasteiger partial charge in [0.1, 0.15) is 0 Å². The quantitative estimate of drug-likeness (QED) is 0.707. The van der Waals surface area contributed by atoms with Crippen molar-refractivity contribution in [1.82, 2.24) is 4.98 Å². The molecule has 3 heteroatoms. The zero-order valence-electron chi connectivity index (χ0n) is 9.19. The molecular formula is C13H14ClNS. The van der Waals surface area contributed by atoms with E-state index in [9.17, 15) is 0 Å². The Kier molecular flexibility index (Phi) is 3.41. The average Bonchev–Trinajstić information content (AvgIpc) is 2.30. The molecule has 0 unspecified atom stereocenters. The summed E-state index contributed by atoms with van der Waals surface area (Å²) in [6.07, 6.45) is 1.13. The number of pyridine rings is 1. The van der Waals surface area contributed by atoms with E-state index in [4.69, 9.17) is 4.98 Å². The average molecular weight is 252 g/mol. The summed E-state index contributed by atoms with van der Waals surface area (Å²) < 4.78 is 0. The molecule has 1 nitrogen and oxygen atoms in total. The number of thioether (sulfide) groups is 1. The van der Waals surface area contributed by atoms with E-state index >= 15 is 0 Å². The number of hydrogen-bond donors (Lipinski definition) is 0. The van der Waals surface area contributed by atoms with Gasteiger partial charge in [-0.15, -0.1) is 12.4 Å². The van der Waals surface area contributed by atoms with E-state index in [0.29, 0.717) is 0 Å².